The number of ether oxygens (including phenoxy) is 1. The first-order valence-electron chi connectivity index (χ1n) is 13.4. The van der Waals surface area contributed by atoms with Gasteiger partial charge >= 0.3 is 13.3 Å². The van der Waals surface area contributed by atoms with Crippen LogP contribution in [0.1, 0.15) is 37.8 Å². The van der Waals surface area contributed by atoms with Crippen LogP contribution in [0.3, 0.4) is 0 Å². The molecule has 3 rings (SSSR count). The summed E-state index contributed by atoms with van der Waals surface area (Å²) >= 11 is 0. The second-order valence-electron chi connectivity index (χ2n) is 10.2. The summed E-state index contributed by atoms with van der Waals surface area (Å²) < 4.78 is 46.2. The van der Waals surface area contributed by atoms with Gasteiger partial charge in [0, 0.05) is 25.2 Å². The SMILES string of the molecule is CC1(C)OB(O)c2ccc(NC(=O)CNC(=O)C(N)CCC(=O)NC(CN)CN)cc21.COc1ccc(C(F)(F)F)cc1. The highest BCUT2D eigenvalue weighted by atomic mass is 19.4. The molecule has 1 aliphatic heterocycles. The largest absolute Gasteiger partial charge is 0.497 e. The molecule has 0 saturated carbocycles. The third-order valence-corrected chi connectivity index (χ3v) is 6.45. The summed E-state index contributed by atoms with van der Waals surface area (Å²) in [6, 6.07) is 8.33. The molecule has 1 unspecified atom stereocenters. The van der Waals surface area contributed by atoms with Gasteiger partial charge in [-0.2, -0.15) is 13.2 Å². The van der Waals surface area contributed by atoms with Gasteiger partial charge in [0.15, 0.2) is 0 Å². The van der Waals surface area contributed by atoms with Crippen LogP contribution in [0.2, 0.25) is 0 Å². The molecular formula is C27H38BF3N6O6. The normalized spacial score (nSPS) is 14.3. The molecule has 1 atom stereocenters. The molecule has 2 aromatic rings. The molecule has 1 heterocycles. The topological polar surface area (TPSA) is 204 Å². The summed E-state index contributed by atoms with van der Waals surface area (Å²) in [4.78, 5) is 36.1. The lowest BCUT2D eigenvalue weighted by molar-refractivity contribution is -0.137. The Bertz CT molecular complexity index is 1240. The third kappa shape index (κ3) is 10.8. The van der Waals surface area contributed by atoms with Gasteiger partial charge in [-0.1, -0.05) is 6.07 Å². The highest BCUT2D eigenvalue weighted by molar-refractivity contribution is 6.62. The van der Waals surface area contributed by atoms with Crippen LogP contribution >= 0.6 is 0 Å². The van der Waals surface area contributed by atoms with Crippen LogP contribution in [-0.4, -0.2) is 68.7 Å². The zero-order chi connectivity index (χ0) is 32.4. The van der Waals surface area contributed by atoms with Crippen molar-refractivity contribution >= 4 is 36.0 Å². The van der Waals surface area contributed by atoms with Gasteiger partial charge in [0.1, 0.15) is 5.75 Å². The Labute approximate surface area is 248 Å². The maximum Gasteiger partial charge on any atom is 0.492 e. The number of nitrogens with two attached hydrogens (primary N) is 3. The van der Waals surface area contributed by atoms with Crippen LogP contribution in [0.5, 0.6) is 5.75 Å². The smallest absolute Gasteiger partial charge is 0.492 e. The van der Waals surface area contributed by atoms with Gasteiger partial charge in [0.2, 0.25) is 17.7 Å². The molecule has 2 aromatic carbocycles. The Morgan fingerprint density at radius 1 is 1.07 bits per heavy atom. The molecule has 0 spiro atoms. The predicted octanol–water partition coefficient (Wildman–Crippen LogP) is -0.0822. The van der Waals surface area contributed by atoms with E-state index in [1.54, 1.807) is 18.2 Å². The molecule has 16 heteroatoms. The van der Waals surface area contributed by atoms with Crippen molar-refractivity contribution in [3.63, 3.8) is 0 Å². The number of benzene rings is 2. The summed E-state index contributed by atoms with van der Waals surface area (Å²) in [5.74, 6) is -0.855. The Morgan fingerprint density at radius 2 is 1.70 bits per heavy atom. The van der Waals surface area contributed by atoms with Crippen molar-refractivity contribution in [1.82, 2.24) is 10.6 Å². The molecular weight excluding hydrogens is 572 g/mol. The average Bonchev–Trinajstić information content (AvgIpc) is 3.20. The molecule has 0 radical (unpaired) electrons. The monoisotopic (exact) mass is 610 g/mol. The first kappa shape index (κ1) is 35.5. The summed E-state index contributed by atoms with van der Waals surface area (Å²) in [5.41, 5.74) is 17.3. The summed E-state index contributed by atoms with van der Waals surface area (Å²) in [7, 11) is 0.400. The Hall–Kier alpha value is -3.70. The van der Waals surface area contributed by atoms with E-state index in [9.17, 15) is 32.6 Å². The van der Waals surface area contributed by atoms with Crippen LogP contribution in [0.15, 0.2) is 42.5 Å². The number of fused-ring (bicyclic) bond motifs is 1. The number of anilines is 1. The van der Waals surface area contributed by atoms with Gasteiger partial charge in [-0.15, -0.1) is 0 Å². The second-order valence-corrected chi connectivity index (χ2v) is 10.2. The molecule has 236 valence electrons. The van der Waals surface area contributed by atoms with Gasteiger partial charge in [0.05, 0.1) is 36.9 Å². The molecule has 43 heavy (non-hydrogen) atoms. The number of halogens is 3. The Kier molecular flexibility index (Phi) is 12.9. The van der Waals surface area contributed by atoms with Crippen LogP contribution in [0.25, 0.3) is 0 Å². The fourth-order valence-corrected chi connectivity index (χ4v) is 3.99. The number of alkyl halides is 3. The van der Waals surface area contributed by atoms with E-state index >= 15 is 0 Å². The molecule has 0 aromatic heterocycles. The van der Waals surface area contributed by atoms with E-state index in [0.717, 1.165) is 17.7 Å². The van der Waals surface area contributed by atoms with Crippen LogP contribution in [-0.2, 0) is 30.8 Å². The Balaban J connectivity index is 0.000000448. The lowest BCUT2D eigenvalue weighted by Crippen LogP contribution is -2.46. The molecule has 0 fully saturated rings. The third-order valence-electron chi connectivity index (χ3n) is 6.45. The first-order valence-corrected chi connectivity index (χ1v) is 13.4. The predicted molar refractivity (Wildman–Crippen MR) is 155 cm³/mol. The molecule has 10 N–H and O–H groups in total. The minimum Gasteiger partial charge on any atom is -0.497 e. The lowest BCUT2D eigenvalue weighted by atomic mass is 9.78. The first-order chi connectivity index (χ1) is 20.1. The number of hydrogen-bond acceptors (Lipinski definition) is 9. The number of rotatable bonds is 11. The van der Waals surface area contributed by atoms with E-state index in [1.165, 1.54) is 19.2 Å². The molecule has 0 aliphatic carbocycles. The van der Waals surface area contributed by atoms with Crippen LogP contribution < -0.4 is 43.4 Å². The number of methoxy groups -OCH3 is 1. The van der Waals surface area contributed by atoms with Crippen molar-refractivity contribution in [3.8, 4) is 5.75 Å². The zero-order valence-electron chi connectivity index (χ0n) is 24.2. The van der Waals surface area contributed by atoms with Gasteiger partial charge in [0.25, 0.3) is 0 Å². The van der Waals surface area contributed by atoms with Gasteiger partial charge < -0.3 is 47.6 Å². The summed E-state index contributed by atoms with van der Waals surface area (Å²) in [6.45, 7) is 3.81. The number of hydrogen-bond donors (Lipinski definition) is 7. The van der Waals surface area contributed by atoms with Crippen molar-refractivity contribution in [2.45, 2.75) is 50.6 Å². The van der Waals surface area contributed by atoms with E-state index in [1.807, 2.05) is 13.8 Å². The van der Waals surface area contributed by atoms with Crippen molar-refractivity contribution in [2.24, 2.45) is 17.2 Å². The van der Waals surface area contributed by atoms with E-state index in [2.05, 4.69) is 16.0 Å². The van der Waals surface area contributed by atoms with Gasteiger partial charge in [-0.25, -0.2) is 0 Å². The minimum atomic E-state index is -4.27. The fraction of sp³-hybridized carbons (Fsp3) is 0.444. The quantitative estimate of drug-likeness (QED) is 0.170. The van der Waals surface area contributed by atoms with E-state index in [0.29, 0.717) is 16.9 Å². The molecule has 0 saturated heterocycles. The van der Waals surface area contributed by atoms with Crippen molar-refractivity contribution in [2.75, 3.05) is 32.1 Å². The zero-order valence-corrected chi connectivity index (χ0v) is 24.2. The fourth-order valence-electron chi connectivity index (χ4n) is 3.99. The number of carbonyl (C=O) groups is 3. The van der Waals surface area contributed by atoms with Crippen LogP contribution in [0.4, 0.5) is 18.9 Å². The van der Waals surface area contributed by atoms with Crippen molar-refractivity contribution in [3.05, 3.63) is 53.6 Å². The number of carbonyl (C=O) groups excluding carboxylic acids is 3. The molecule has 3 amide bonds. The van der Waals surface area contributed by atoms with E-state index < -0.39 is 42.3 Å². The Morgan fingerprint density at radius 3 is 2.26 bits per heavy atom. The number of nitrogens with one attached hydrogen (secondary N) is 3. The second kappa shape index (κ2) is 15.7. The molecule has 12 nitrogen and oxygen atoms in total. The minimum absolute atomic E-state index is 0.0378. The summed E-state index contributed by atoms with van der Waals surface area (Å²) in [6.07, 6.45) is -4.12. The average molecular weight is 610 g/mol. The van der Waals surface area contributed by atoms with Crippen molar-refractivity contribution in [1.29, 1.82) is 0 Å². The van der Waals surface area contributed by atoms with E-state index in [-0.39, 0.29) is 44.4 Å². The highest BCUT2D eigenvalue weighted by Gasteiger charge is 2.40. The standard InChI is InChI=1S/C19H31BN6O5.C8H7F3O/c1-19(2)13-7-11(3-4-14(13)20(30)31-19)25-17(28)10-24-18(29)15(23)5-6-16(27)26-12(8-21)9-22;1-12-7-4-2-6(3-5-7)8(9,10)11/h3-4,7,12,15,30H,5-6,8-10,21-23H2,1-2H3,(H,24,29)(H,25,28)(H,26,27);2-5H,1H3. The van der Waals surface area contributed by atoms with Crippen molar-refractivity contribution < 1.29 is 42.0 Å². The molecule has 0 bridgehead atoms. The lowest BCUT2D eigenvalue weighted by Gasteiger charge is -2.20. The maximum absolute atomic E-state index is 12.2. The van der Waals surface area contributed by atoms with Gasteiger partial charge in [-0.3, -0.25) is 14.4 Å². The van der Waals surface area contributed by atoms with Gasteiger partial charge in [-0.05, 0) is 67.7 Å². The summed E-state index contributed by atoms with van der Waals surface area (Å²) in [5, 5.41) is 17.7. The molecule has 1 aliphatic rings. The highest BCUT2D eigenvalue weighted by Crippen LogP contribution is 2.31. The number of amides is 3. The van der Waals surface area contributed by atoms with E-state index in [4.69, 9.17) is 26.6 Å². The maximum atomic E-state index is 12.2. The van der Waals surface area contributed by atoms with Crippen LogP contribution in [0, 0.1) is 0 Å².